The number of unbranched alkanes of at least 4 members (excludes halogenated alkanes) is 1. The topological polar surface area (TPSA) is 52.6 Å². The summed E-state index contributed by atoms with van der Waals surface area (Å²) in [5, 5.41) is 0.164. The summed E-state index contributed by atoms with van der Waals surface area (Å²) in [5.41, 5.74) is 1.21. The van der Waals surface area contributed by atoms with Crippen molar-refractivity contribution in [1.82, 2.24) is 0 Å². The van der Waals surface area contributed by atoms with Crippen molar-refractivity contribution in [3.63, 3.8) is 0 Å². The van der Waals surface area contributed by atoms with Gasteiger partial charge in [-0.2, -0.15) is 0 Å². The monoisotopic (exact) mass is 336 g/mol. The number of carbonyl (C=O) groups is 2. The third kappa shape index (κ3) is 8.45. The Morgan fingerprint density at radius 2 is 1.87 bits per heavy atom. The minimum Gasteiger partial charge on any atom is -0.469 e. The summed E-state index contributed by atoms with van der Waals surface area (Å²) in [6.45, 7) is 2.05. The lowest BCUT2D eigenvalue weighted by atomic mass is 10.1. The SMILES string of the molecule is COC(=O)/C=C/CCCC(CC(=O)OC)Sc1ccc(C)cc1. The van der Waals surface area contributed by atoms with Crippen molar-refractivity contribution in [3.8, 4) is 0 Å². The molecule has 1 atom stereocenters. The zero-order chi connectivity index (χ0) is 17.1. The van der Waals surface area contributed by atoms with Crippen LogP contribution in [0.5, 0.6) is 0 Å². The molecule has 0 saturated carbocycles. The number of aryl methyl sites for hydroxylation is 1. The van der Waals surface area contributed by atoms with Crippen molar-refractivity contribution in [1.29, 1.82) is 0 Å². The fourth-order valence-corrected chi connectivity index (χ4v) is 3.17. The maximum Gasteiger partial charge on any atom is 0.330 e. The lowest BCUT2D eigenvalue weighted by molar-refractivity contribution is -0.140. The van der Waals surface area contributed by atoms with Gasteiger partial charge in [-0.25, -0.2) is 4.79 Å². The molecule has 0 fully saturated rings. The van der Waals surface area contributed by atoms with E-state index in [9.17, 15) is 9.59 Å². The minimum absolute atomic E-state index is 0.164. The van der Waals surface area contributed by atoms with E-state index in [1.54, 1.807) is 17.8 Å². The third-order valence-corrected chi connectivity index (χ3v) is 4.58. The van der Waals surface area contributed by atoms with Crippen LogP contribution in [0.2, 0.25) is 0 Å². The molecule has 0 aliphatic rings. The predicted octanol–water partition coefficient (Wildman–Crippen LogP) is 3.92. The smallest absolute Gasteiger partial charge is 0.330 e. The first-order valence-electron chi connectivity index (χ1n) is 7.59. The van der Waals surface area contributed by atoms with Gasteiger partial charge in [0, 0.05) is 16.2 Å². The number of carbonyl (C=O) groups excluding carboxylic acids is 2. The summed E-state index contributed by atoms with van der Waals surface area (Å²) in [6, 6.07) is 8.27. The number of esters is 2. The highest BCUT2D eigenvalue weighted by atomic mass is 32.2. The fourth-order valence-electron chi connectivity index (χ4n) is 1.99. The van der Waals surface area contributed by atoms with Crippen molar-refractivity contribution in [2.45, 2.75) is 42.8 Å². The average Bonchev–Trinajstić information content (AvgIpc) is 2.55. The number of ether oxygens (including phenoxy) is 2. The van der Waals surface area contributed by atoms with E-state index in [1.165, 1.54) is 25.9 Å². The maximum absolute atomic E-state index is 11.6. The fraction of sp³-hybridized carbons (Fsp3) is 0.444. The van der Waals surface area contributed by atoms with Gasteiger partial charge in [0.25, 0.3) is 0 Å². The van der Waals surface area contributed by atoms with Gasteiger partial charge in [-0.3, -0.25) is 4.79 Å². The van der Waals surface area contributed by atoms with E-state index in [0.717, 1.165) is 24.2 Å². The quantitative estimate of drug-likeness (QED) is 0.296. The minimum atomic E-state index is -0.342. The Bertz CT molecular complexity index is 522. The molecule has 0 spiro atoms. The lowest BCUT2D eigenvalue weighted by Gasteiger charge is -2.15. The molecular weight excluding hydrogens is 312 g/mol. The molecule has 0 amide bonds. The van der Waals surface area contributed by atoms with Crippen molar-refractivity contribution < 1.29 is 19.1 Å². The molecule has 0 aromatic heterocycles. The standard InChI is InChI=1S/C18H24O4S/c1-14-9-11-15(12-10-14)23-16(13-18(20)22-3)7-5-4-6-8-17(19)21-2/h6,8-12,16H,4-5,7,13H2,1-3H3/b8-6+. The zero-order valence-electron chi connectivity index (χ0n) is 13.9. The number of rotatable bonds is 9. The van der Waals surface area contributed by atoms with E-state index in [0.29, 0.717) is 6.42 Å². The van der Waals surface area contributed by atoms with E-state index in [-0.39, 0.29) is 17.2 Å². The number of benzene rings is 1. The van der Waals surface area contributed by atoms with E-state index in [1.807, 2.05) is 6.92 Å². The number of allylic oxidation sites excluding steroid dienone is 1. The second-order valence-corrected chi connectivity index (χ2v) is 6.56. The van der Waals surface area contributed by atoms with Gasteiger partial charge in [-0.15, -0.1) is 11.8 Å². The summed E-state index contributed by atoms with van der Waals surface area (Å²) in [6.07, 6.45) is 6.17. The van der Waals surface area contributed by atoms with Gasteiger partial charge in [-0.1, -0.05) is 23.8 Å². The summed E-state index contributed by atoms with van der Waals surface area (Å²) in [4.78, 5) is 23.7. The van der Waals surface area contributed by atoms with E-state index < -0.39 is 0 Å². The molecule has 0 saturated heterocycles. The average molecular weight is 336 g/mol. The van der Waals surface area contributed by atoms with E-state index in [4.69, 9.17) is 4.74 Å². The molecule has 0 radical (unpaired) electrons. The van der Waals surface area contributed by atoms with Crippen LogP contribution in [-0.4, -0.2) is 31.4 Å². The van der Waals surface area contributed by atoms with Crippen molar-refractivity contribution in [2.75, 3.05) is 14.2 Å². The molecule has 1 rings (SSSR count). The summed E-state index contributed by atoms with van der Waals surface area (Å²) >= 11 is 1.69. The number of hydrogen-bond donors (Lipinski definition) is 0. The first-order valence-corrected chi connectivity index (χ1v) is 8.47. The Kier molecular flexibility index (Phi) is 9.14. The Morgan fingerprint density at radius 3 is 2.48 bits per heavy atom. The lowest BCUT2D eigenvalue weighted by Crippen LogP contribution is -2.12. The highest BCUT2D eigenvalue weighted by Crippen LogP contribution is 2.29. The molecule has 126 valence electrons. The van der Waals surface area contributed by atoms with Gasteiger partial charge < -0.3 is 9.47 Å². The Hall–Kier alpha value is -1.75. The molecule has 0 aliphatic heterocycles. The summed E-state index contributed by atoms with van der Waals surface area (Å²) in [5.74, 6) is -0.537. The van der Waals surface area contributed by atoms with Crippen LogP contribution in [0.3, 0.4) is 0 Å². The molecule has 0 N–H and O–H groups in total. The van der Waals surface area contributed by atoms with E-state index >= 15 is 0 Å². The molecule has 1 aromatic rings. The Balaban J connectivity index is 2.51. The molecule has 0 aliphatic carbocycles. The molecule has 1 unspecified atom stereocenters. The zero-order valence-corrected chi connectivity index (χ0v) is 14.7. The normalized spacial score (nSPS) is 12.1. The van der Waals surface area contributed by atoms with Gasteiger partial charge >= 0.3 is 11.9 Å². The summed E-state index contributed by atoms with van der Waals surface area (Å²) < 4.78 is 9.33. The summed E-state index contributed by atoms with van der Waals surface area (Å²) in [7, 11) is 2.77. The van der Waals surface area contributed by atoms with Gasteiger partial charge in [-0.05, 0) is 38.3 Å². The molecule has 4 nitrogen and oxygen atoms in total. The highest BCUT2D eigenvalue weighted by Gasteiger charge is 2.15. The second-order valence-electron chi connectivity index (χ2n) is 5.19. The van der Waals surface area contributed by atoms with Crippen molar-refractivity contribution >= 4 is 23.7 Å². The van der Waals surface area contributed by atoms with Gasteiger partial charge in [0.15, 0.2) is 0 Å². The third-order valence-electron chi connectivity index (χ3n) is 3.30. The van der Waals surface area contributed by atoms with Gasteiger partial charge in [0.05, 0.1) is 20.6 Å². The van der Waals surface area contributed by atoms with Crippen LogP contribution in [0.1, 0.15) is 31.2 Å². The Morgan fingerprint density at radius 1 is 1.17 bits per heavy atom. The molecule has 23 heavy (non-hydrogen) atoms. The van der Waals surface area contributed by atoms with Gasteiger partial charge in [0.2, 0.25) is 0 Å². The molecule has 0 heterocycles. The molecule has 5 heteroatoms. The number of hydrogen-bond acceptors (Lipinski definition) is 5. The van der Waals surface area contributed by atoms with Crippen LogP contribution in [0, 0.1) is 6.92 Å². The highest BCUT2D eigenvalue weighted by molar-refractivity contribution is 8.00. The van der Waals surface area contributed by atoms with E-state index in [2.05, 4.69) is 29.0 Å². The Labute approximate surface area is 142 Å². The van der Waals surface area contributed by atoms with Crippen LogP contribution in [0.4, 0.5) is 0 Å². The number of thioether (sulfide) groups is 1. The first kappa shape index (κ1) is 19.3. The number of methoxy groups -OCH3 is 2. The molecule has 1 aromatic carbocycles. The second kappa shape index (κ2) is 10.9. The largest absolute Gasteiger partial charge is 0.469 e. The van der Waals surface area contributed by atoms with Crippen LogP contribution >= 0.6 is 11.8 Å². The van der Waals surface area contributed by atoms with Crippen LogP contribution in [0.15, 0.2) is 41.3 Å². The molecule has 0 bridgehead atoms. The van der Waals surface area contributed by atoms with Crippen LogP contribution in [-0.2, 0) is 19.1 Å². The van der Waals surface area contributed by atoms with Crippen LogP contribution in [0.25, 0.3) is 0 Å². The van der Waals surface area contributed by atoms with Gasteiger partial charge in [0.1, 0.15) is 0 Å². The van der Waals surface area contributed by atoms with Crippen molar-refractivity contribution in [3.05, 3.63) is 42.0 Å². The molecular formula is C18H24O4S. The maximum atomic E-state index is 11.6. The van der Waals surface area contributed by atoms with Crippen LogP contribution < -0.4 is 0 Å². The first-order chi connectivity index (χ1) is 11.0. The predicted molar refractivity (Wildman–Crippen MR) is 92.5 cm³/mol. The van der Waals surface area contributed by atoms with Crippen molar-refractivity contribution in [2.24, 2.45) is 0 Å².